The molecule has 240 valence electrons. The average molecular weight is 677 g/mol. The third-order valence-electron chi connectivity index (χ3n) is 7.08. The minimum atomic E-state index is -0.689. The Morgan fingerprint density at radius 1 is 0.812 bits per heavy atom. The zero-order valence-electron chi connectivity index (χ0n) is 25.6. The molecule has 0 radical (unpaired) electrons. The summed E-state index contributed by atoms with van der Waals surface area (Å²) in [6, 6.07) is 35.9. The normalized spacial score (nSPS) is 11.7. The third-order valence-corrected chi connectivity index (χ3v) is 8.59. The number of benzene rings is 5. The molecule has 5 aromatic carbocycles. The van der Waals surface area contributed by atoms with E-state index in [2.05, 4.69) is 16.0 Å². The predicted octanol–water partition coefficient (Wildman–Crippen LogP) is 8.44. The molecule has 5 rings (SSSR count). The number of anilines is 2. The highest BCUT2D eigenvalue weighted by Crippen LogP contribution is 2.37. The number of hydrogen-bond acceptors (Lipinski definition) is 6. The van der Waals surface area contributed by atoms with Gasteiger partial charge in [0.05, 0.1) is 10.6 Å². The molecule has 0 aliphatic carbocycles. The summed E-state index contributed by atoms with van der Waals surface area (Å²) in [5, 5.41) is 19.5. The molecule has 0 aliphatic rings. The van der Waals surface area contributed by atoms with Crippen molar-refractivity contribution in [2.45, 2.75) is 17.1 Å². The van der Waals surface area contributed by atoms with E-state index in [0.29, 0.717) is 33.1 Å². The van der Waals surface area contributed by atoms with E-state index in [1.54, 1.807) is 97.9 Å². The van der Waals surface area contributed by atoms with Gasteiger partial charge in [0, 0.05) is 33.3 Å². The molecule has 5 aromatic rings. The minimum Gasteiger partial charge on any atom is -0.324 e. The highest BCUT2D eigenvalue weighted by atomic mass is 35.5. The second-order valence-electron chi connectivity index (χ2n) is 10.6. The van der Waals surface area contributed by atoms with E-state index < -0.39 is 22.0 Å². The molecule has 48 heavy (non-hydrogen) atoms. The van der Waals surface area contributed by atoms with Gasteiger partial charge in [0.25, 0.3) is 17.5 Å². The van der Waals surface area contributed by atoms with Gasteiger partial charge in [-0.05, 0) is 78.2 Å². The van der Waals surface area contributed by atoms with E-state index in [9.17, 15) is 24.5 Å². The van der Waals surface area contributed by atoms with Crippen LogP contribution in [0, 0.1) is 17.0 Å². The van der Waals surface area contributed by atoms with E-state index in [1.807, 2.05) is 30.3 Å². The third kappa shape index (κ3) is 8.97. The van der Waals surface area contributed by atoms with E-state index in [-0.39, 0.29) is 17.3 Å². The molecule has 1 unspecified atom stereocenters. The largest absolute Gasteiger partial charge is 0.324 e. The molecule has 1 atom stereocenters. The van der Waals surface area contributed by atoms with Gasteiger partial charge >= 0.3 is 0 Å². The number of nitro benzene ring substituents is 1. The van der Waals surface area contributed by atoms with Crippen LogP contribution in [0.3, 0.4) is 0 Å². The van der Waals surface area contributed by atoms with Crippen LogP contribution in [-0.4, -0.2) is 22.6 Å². The van der Waals surface area contributed by atoms with Gasteiger partial charge in [-0.25, -0.2) is 0 Å². The highest BCUT2D eigenvalue weighted by Gasteiger charge is 2.24. The summed E-state index contributed by atoms with van der Waals surface area (Å²) >= 11 is 7.43. The fourth-order valence-electron chi connectivity index (χ4n) is 4.61. The number of carbonyl (C=O) groups excluding carboxylic acids is 3. The molecule has 0 saturated carbocycles. The minimum absolute atomic E-state index is 0.0156. The van der Waals surface area contributed by atoms with Gasteiger partial charge in [-0.3, -0.25) is 24.5 Å². The van der Waals surface area contributed by atoms with Crippen molar-refractivity contribution in [2.24, 2.45) is 0 Å². The Morgan fingerprint density at radius 2 is 1.50 bits per heavy atom. The number of hydrogen-bond donors (Lipinski definition) is 3. The van der Waals surface area contributed by atoms with Crippen molar-refractivity contribution in [1.29, 1.82) is 0 Å². The van der Waals surface area contributed by atoms with Gasteiger partial charge in [0.15, 0.2) is 0 Å². The second kappa shape index (κ2) is 15.7. The van der Waals surface area contributed by atoms with Crippen molar-refractivity contribution >= 4 is 64.2 Å². The van der Waals surface area contributed by atoms with Gasteiger partial charge in [-0.1, -0.05) is 78.3 Å². The highest BCUT2D eigenvalue weighted by molar-refractivity contribution is 8.00. The number of carbonyl (C=O) groups is 3. The molecule has 0 saturated heterocycles. The van der Waals surface area contributed by atoms with Crippen LogP contribution >= 0.6 is 23.4 Å². The molecule has 0 bridgehead atoms. The van der Waals surface area contributed by atoms with Crippen molar-refractivity contribution in [1.82, 2.24) is 5.32 Å². The van der Waals surface area contributed by atoms with Gasteiger partial charge in [0.1, 0.15) is 10.9 Å². The van der Waals surface area contributed by atoms with Gasteiger partial charge in [-0.15, -0.1) is 11.8 Å². The lowest BCUT2D eigenvalue weighted by Gasteiger charge is -2.18. The fraction of sp³-hybridized carbons (Fsp3) is 0.0541. The molecular weight excluding hydrogens is 648 g/mol. The first kappa shape index (κ1) is 33.6. The maximum absolute atomic E-state index is 13.6. The van der Waals surface area contributed by atoms with Crippen molar-refractivity contribution in [3.05, 3.63) is 170 Å². The number of amides is 3. The van der Waals surface area contributed by atoms with E-state index in [1.165, 1.54) is 23.9 Å². The Bertz CT molecular complexity index is 1990. The summed E-state index contributed by atoms with van der Waals surface area (Å²) < 4.78 is 0. The van der Waals surface area contributed by atoms with Crippen LogP contribution in [0.15, 0.2) is 138 Å². The zero-order chi connectivity index (χ0) is 34.0. The Labute approximate surface area is 286 Å². The monoisotopic (exact) mass is 676 g/mol. The van der Waals surface area contributed by atoms with Gasteiger partial charge in [-0.2, -0.15) is 0 Å². The molecule has 0 aromatic heterocycles. The Kier molecular flexibility index (Phi) is 11.0. The van der Waals surface area contributed by atoms with Crippen LogP contribution in [0.5, 0.6) is 0 Å². The molecule has 3 amide bonds. The number of nitro groups is 1. The molecule has 3 N–H and O–H groups in total. The topological polar surface area (TPSA) is 130 Å². The van der Waals surface area contributed by atoms with Crippen molar-refractivity contribution in [3.63, 3.8) is 0 Å². The zero-order valence-corrected chi connectivity index (χ0v) is 27.1. The van der Waals surface area contributed by atoms with E-state index in [4.69, 9.17) is 11.6 Å². The van der Waals surface area contributed by atoms with Crippen LogP contribution in [0.1, 0.15) is 32.3 Å². The van der Waals surface area contributed by atoms with Crippen LogP contribution in [0.25, 0.3) is 6.08 Å². The molecule has 0 aliphatic heterocycles. The Balaban J connectivity index is 1.34. The SMILES string of the molecule is Cc1ccc([N+](=O)[O-])cc1NC(=O)C(Sc1ccc(NC(=O)/C(=C/c2cccc(Cl)c2)NC(=O)c2ccccc2)cc1)c1ccccc1. The Hall–Kier alpha value is -5.71. The number of rotatable bonds is 11. The van der Waals surface area contributed by atoms with Crippen LogP contribution in [-0.2, 0) is 9.59 Å². The van der Waals surface area contributed by atoms with Crippen LogP contribution < -0.4 is 16.0 Å². The Morgan fingerprint density at radius 3 is 2.17 bits per heavy atom. The van der Waals surface area contributed by atoms with Crippen LogP contribution in [0.2, 0.25) is 5.02 Å². The number of non-ortho nitro benzene ring substituents is 1. The smallest absolute Gasteiger partial charge is 0.272 e. The lowest BCUT2D eigenvalue weighted by molar-refractivity contribution is -0.384. The number of nitrogens with one attached hydrogen (secondary N) is 3. The molecule has 0 spiro atoms. The maximum atomic E-state index is 13.6. The molecule has 9 nitrogen and oxygen atoms in total. The summed E-state index contributed by atoms with van der Waals surface area (Å²) in [6.07, 6.45) is 1.54. The number of nitrogens with zero attached hydrogens (tertiary/aromatic N) is 1. The average Bonchev–Trinajstić information content (AvgIpc) is 3.09. The standard InChI is InChI=1S/C37H29ClN4O5S/c1-24-15-18-30(42(46)47)23-32(24)40-37(45)34(26-10-4-2-5-11-26)48-31-19-16-29(17-20-31)39-36(44)33(22-25-9-8-14-28(38)21-25)41-35(43)27-12-6-3-7-13-27/h2-23,34H,1H3,(H,39,44)(H,40,45)(H,41,43)/b33-22-. The van der Waals surface area contributed by atoms with Gasteiger partial charge in [0.2, 0.25) is 5.91 Å². The summed E-state index contributed by atoms with van der Waals surface area (Å²) in [5.41, 5.74) is 3.15. The lowest BCUT2D eigenvalue weighted by atomic mass is 10.1. The quantitative estimate of drug-likeness (QED) is 0.0557. The number of halogens is 1. The van der Waals surface area contributed by atoms with Gasteiger partial charge < -0.3 is 16.0 Å². The summed E-state index contributed by atoms with van der Waals surface area (Å²) in [7, 11) is 0. The second-order valence-corrected chi connectivity index (χ2v) is 12.2. The summed E-state index contributed by atoms with van der Waals surface area (Å²) in [6.45, 7) is 1.76. The summed E-state index contributed by atoms with van der Waals surface area (Å²) in [4.78, 5) is 51.5. The maximum Gasteiger partial charge on any atom is 0.272 e. The summed E-state index contributed by atoms with van der Waals surface area (Å²) in [5.74, 6) is -1.35. The van der Waals surface area contributed by atoms with E-state index in [0.717, 1.165) is 10.5 Å². The molecule has 11 heteroatoms. The van der Waals surface area contributed by atoms with E-state index >= 15 is 0 Å². The van der Waals surface area contributed by atoms with Crippen molar-refractivity contribution in [3.8, 4) is 0 Å². The van der Waals surface area contributed by atoms with Crippen molar-refractivity contribution < 1.29 is 19.3 Å². The lowest BCUT2D eigenvalue weighted by Crippen LogP contribution is -2.30. The van der Waals surface area contributed by atoms with Crippen LogP contribution in [0.4, 0.5) is 17.1 Å². The number of thioether (sulfide) groups is 1. The van der Waals surface area contributed by atoms with Crippen molar-refractivity contribution in [2.75, 3.05) is 10.6 Å². The first-order chi connectivity index (χ1) is 23.2. The molecule has 0 heterocycles. The molecule has 0 fully saturated rings. The number of aryl methyl sites for hydroxylation is 1. The molecular formula is C37H29ClN4O5S. The fourth-order valence-corrected chi connectivity index (χ4v) is 5.84. The first-order valence-corrected chi connectivity index (χ1v) is 15.9. The predicted molar refractivity (Wildman–Crippen MR) is 190 cm³/mol. The first-order valence-electron chi connectivity index (χ1n) is 14.7.